The molecular weight excluding hydrogens is 260 g/mol. The van der Waals surface area contributed by atoms with Crippen molar-refractivity contribution in [1.29, 1.82) is 0 Å². The highest BCUT2D eigenvalue weighted by molar-refractivity contribution is 9.08. The molecule has 0 saturated heterocycles. The molecule has 0 spiro atoms. The third kappa shape index (κ3) is 2.12. The van der Waals surface area contributed by atoms with Crippen LogP contribution >= 0.6 is 15.9 Å². The van der Waals surface area contributed by atoms with Gasteiger partial charge in [0.15, 0.2) is 5.88 Å². The Hall–Kier alpha value is -0.910. The number of rotatable bonds is 3. The van der Waals surface area contributed by atoms with Crippen LogP contribution in [0.1, 0.15) is 17.6 Å². The molecule has 0 unspecified atom stereocenters. The minimum absolute atomic E-state index is 0.205. The predicted molar refractivity (Wildman–Crippen MR) is 51.2 cm³/mol. The van der Waals surface area contributed by atoms with Crippen LogP contribution < -0.4 is 10.3 Å². The maximum Gasteiger partial charge on any atom is 0.269 e. The normalized spacial score (nSPS) is 10.6. The lowest BCUT2D eigenvalue weighted by Crippen LogP contribution is -2.15. The highest BCUT2D eigenvalue weighted by Gasteiger charge is 2.15. The van der Waals surface area contributed by atoms with E-state index in [2.05, 4.69) is 20.9 Å². The van der Waals surface area contributed by atoms with Gasteiger partial charge in [-0.25, -0.2) is 8.78 Å². The first-order chi connectivity index (χ1) is 6.60. The molecule has 1 N–H and O–H groups in total. The first-order valence-corrected chi connectivity index (χ1v) is 4.86. The summed E-state index contributed by atoms with van der Waals surface area (Å²) in [5.41, 5.74) is -0.871. The number of halogens is 3. The van der Waals surface area contributed by atoms with E-state index in [0.717, 1.165) is 6.07 Å². The standard InChI is InChI=1S/C8H8BrF2NO2/c1-14-8-4(3-9)2-5(6(10)11)7(13)12-8/h2,6H,3H2,1H3,(H,12,13). The Balaban J connectivity index is 3.31. The first-order valence-electron chi connectivity index (χ1n) is 3.74. The summed E-state index contributed by atoms with van der Waals surface area (Å²) in [5.74, 6) is 0.205. The lowest BCUT2D eigenvalue weighted by atomic mass is 10.2. The fourth-order valence-corrected chi connectivity index (χ4v) is 1.43. The van der Waals surface area contributed by atoms with Crippen LogP contribution in [0.3, 0.4) is 0 Å². The molecule has 0 amide bonds. The molecule has 1 aromatic rings. The number of methoxy groups -OCH3 is 1. The fraction of sp³-hybridized carbons (Fsp3) is 0.375. The summed E-state index contributed by atoms with van der Waals surface area (Å²) >= 11 is 3.11. The molecule has 0 radical (unpaired) electrons. The van der Waals surface area contributed by atoms with Crippen LogP contribution in [0.4, 0.5) is 8.78 Å². The summed E-state index contributed by atoms with van der Waals surface area (Å²) in [5, 5.41) is 0.340. The van der Waals surface area contributed by atoms with Crippen molar-refractivity contribution < 1.29 is 13.5 Å². The van der Waals surface area contributed by atoms with Gasteiger partial charge >= 0.3 is 0 Å². The van der Waals surface area contributed by atoms with Crippen LogP contribution in [0.2, 0.25) is 0 Å². The largest absolute Gasteiger partial charge is 0.482 e. The second-order valence-electron chi connectivity index (χ2n) is 2.55. The zero-order valence-corrected chi connectivity index (χ0v) is 8.90. The van der Waals surface area contributed by atoms with Crippen LogP contribution in [0.5, 0.6) is 5.88 Å². The Bertz CT molecular complexity index is 378. The number of nitrogens with one attached hydrogen (secondary N) is 1. The molecule has 1 heterocycles. The van der Waals surface area contributed by atoms with E-state index in [0.29, 0.717) is 10.9 Å². The molecule has 0 fully saturated rings. The number of hydrogen-bond acceptors (Lipinski definition) is 2. The third-order valence-electron chi connectivity index (χ3n) is 1.69. The molecule has 0 bridgehead atoms. The van der Waals surface area contributed by atoms with Crippen molar-refractivity contribution in [2.45, 2.75) is 11.8 Å². The molecule has 6 heteroatoms. The van der Waals surface area contributed by atoms with Gasteiger partial charge in [-0.1, -0.05) is 15.9 Å². The lowest BCUT2D eigenvalue weighted by Gasteiger charge is -2.07. The Labute approximate surface area is 87.2 Å². The Kier molecular flexibility index (Phi) is 3.62. The maximum atomic E-state index is 12.3. The van der Waals surface area contributed by atoms with Crippen molar-refractivity contribution in [3.63, 3.8) is 0 Å². The summed E-state index contributed by atoms with van der Waals surface area (Å²) < 4.78 is 29.4. The van der Waals surface area contributed by atoms with Gasteiger partial charge in [0.1, 0.15) is 0 Å². The van der Waals surface area contributed by atoms with E-state index in [1.165, 1.54) is 7.11 Å². The predicted octanol–water partition coefficient (Wildman–Crippen LogP) is 2.22. The van der Waals surface area contributed by atoms with Gasteiger partial charge in [0.05, 0.1) is 12.7 Å². The average molecular weight is 268 g/mol. The van der Waals surface area contributed by atoms with Crippen molar-refractivity contribution in [3.05, 3.63) is 27.5 Å². The average Bonchev–Trinajstić information content (AvgIpc) is 2.16. The van der Waals surface area contributed by atoms with E-state index in [-0.39, 0.29) is 5.88 Å². The summed E-state index contributed by atoms with van der Waals surface area (Å²) in [4.78, 5) is 13.3. The van der Waals surface area contributed by atoms with Gasteiger partial charge in [-0.15, -0.1) is 0 Å². The van der Waals surface area contributed by atoms with Gasteiger partial charge in [-0.05, 0) is 6.07 Å². The van der Waals surface area contributed by atoms with E-state index in [1.807, 2.05) is 0 Å². The quantitative estimate of drug-likeness (QED) is 0.854. The monoisotopic (exact) mass is 267 g/mol. The SMILES string of the molecule is COc1[nH]c(=O)c(C(F)F)cc1CBr. The summed E-state index contributed by atoms with van der Waals surface area (Å²) in [7, 11) is 1.36. The summed E-state index contributed by atoms with van der Waals surface area (Å²) in [6, 6.07) is 1.14. The van der Waals surface area contributed by atoms with E-state index < -0.39 is 17.5 Å². The molecule has 0 aliphatic carbocycles. The van der Waals surface area contributed by atoms with Crippen molar-refractivity contribution in [1.82, 2.24) is 4.98 Å². The number of aromatic nitrogens is 1. The van der Waals surface area contributed by atoms with Crippen molar-refractivity contribution in [3.8, 4) is 5.88 Å². The number of H-pyrrole nitrogens is 1. The minimum atomic E-state index is -2.78. The Morgan fingerprint density at radius 1 is 1.64 bits per heavy atom. The molecule has 1 aromatic heterocycles. The molecule has 3 nitrogen and oxygen atoms in total. The highest BCUT2D eigenvalue weighted by atomic mass is 79.9. The van der Waals surface area contributed by atoms with Crippen molar-refractivity contribution >= 4 is 15.9 Å². The topological polar surface area (TPSA) is 42.1 Å². The Morgan fingerprint density at radius 3 is 2.71 bits per heavy atom. The lowest BCUT2D eigenvalue weighted by molar-refractivity contribution is 0.149. The van der Waals surface area contributed by atoms with Gasteiger partial charge in [0.25, 0.3) is 12.0 Å². The van der Waals surface area contributed by atoms with Gasteiger partial charge < -0.3 is 4.74 Å². The van der Waals surface area contributed by atoms with Gasteiger partial charge in [-0.3, -0.25) is 9.78 Å². The second kappa shape index (κ2) is 4.54. The van der Waals surface area contributed by atoms with E-state index >= 15 is 0 Å². The number of ether oxygens (including phenoxy) is 1. The van der Waals surface area contributed by atoms with Crippen LogP contribution in [-0.4, -0.2) is 12.1 Å². The number of pyridine rings is 1. The van der Waals surface area contributed by atoms with E-state index in [4.69, 9.17) is 4.74 Å². The summed E-state index contributed by atoms with van der Waals surface area (Å²) in [6.45, 7) is 0. The van der Waals surface area contributed by atoms with E-state index in [1.54, 1.807) is 0 Å². The first kappa shape index (κ1) is 11.2. The molecule has 0 aromatic carbocycles. The minimum Gasteiger partial charge on any atom is -0.482 e. The van der Waals surface area contributed by atoms with Crippen LogP contribution in [0.25, 0.3) is 0 Å². The van der Waals surface area contributed by atoms with Gasteiger partial charge in [0, 0.05) is 10.9 Å². The zero-order chi connectivity index (χ0) is 10.7. The number of alkyl halides is 3. The smallest absolute Gasteiger partial charge is 0.269 e. The van der Waals surface area contributed by atoms with Gasteiger partial charge in [0.2, 0.25) is 0 Å². The molecule has 78 valence electrons. The van der Waals surface area contributed by atoms with Gasteiger partial charge in [-0.2, -0.15) is 0 Å². The highest BCUT2D eigenvalue weighted by Crippen LogP contribution is 2.22. The van der Waals surface area contributed by atoms with E-state index in [9.17, 15) is 13.6 Å². The molecular formula is C8H8BrF2NO2. The molecule has 0 saturated carbocycles. The molecule has 14 heavy (non-hydrogen) atoms. The number of aromatic amines is 1. The number of hydrogen-bond donors (Lipinski definition) is 1. The zero-order valence-electron chi connectivity index (χ0n) is 7.31. The van der Waals surface area contributed by atoms with Crippen molar-refractivity contribution in [2.24, 2.45) is 0 Å². The van der Waals surface area contributed by atoms with Crippen LogP contribution in [0, 0.1) is 0 Å². The maximum absolute atomic E-state index is 12.3. The van der Waals surface area contributed by atoms with Crippen LogP contribution in [0.15, 0.2) is 10.9 Å². The molecule has 0 aliphatic rings. The molecule has 0 atom stereocenters. The van der Waals surface area contributed by atoms with Crippen LogP contribution in [-0.2, 0) is 5.33 Å². The fourth-order valence-electron chi connectivity index (χ4n) is 1.02. The Morgan fingerprint density at radius 2 is 2.29 bits per heavy atom. The second-order valence-corrected chi connectivity index (χ2v) is 3.11. The summed E-state index contributed by atoms with van der Waals surface area (Å²) in [6.07, 6.45) is -2.78. The third-order valence-corrected chi connectivity index (χ3v) is 2.30. The molecule has 0 aliphatic heterocycles. The molecule has 1 rings (SSSR count). The van der Waals surface area contributed by atoms with Crippen molar-refractivity contribution in [2.75, 3.05) is 7.11 Å².